The zero-order valence-corrected chi connectivity index (χ0v) is 29.7. The first kappa shape index (κ1) is 35.3. The van der Waals surface area contributed by atoms with Gasteiger partial charge in [0.1, 0.15) is 34.6 Å². The Bertz CT molecular complexity index is 1950. The van der Waals surface area contributed by atoms with Crippen LogP contribution >= 0.6 is 0 Å². The molecule has 2 aliphatic heterocycles. The minimum atomic E-state index is -0.323. The Morgan fingerprint density at radius 2 is 0.846 bits per heavy atom. The van der Waals surface area contributed by atoms with Crippen LogP contribution < -0.4 is 28.4 Å². The van der Waals surface area contributed by atoms with Crippen LogP contribution in [0.15, 0.2) is 106 Å². The highest BCUT2D eigenvalue weighted by atomic mass is 16.5. The largest absolute Gasteiger partial charge is 0.497 e. The van der Waals surface area contributed by atoms with Crippen molar-refractivity contribution in [2.45, 2.75) is 0 Å². The summed E-state index contributed by atoms with van der Waals surface area (Å²) in [6.07, 6.45) is 3.39. The molecule has 0 saturated carbocycles. The number of amides is 2. The summed E-state index contributed by atoms with van der Waals surface area (Å²) in [5, 5.41) is 0. The zero-order chi connectivity index (χ0) is 36.8. The van der Waals surface area contributed by atoms with E-state index in [4.69, 9.17) is 38.4 Å². The van der Waals surface area contributed by atoms with Crippen LogP contribution in [0.4, 0.5) is 0 Å². The van der Waals surface area contributed by atoms with Gasteiger partial charge in [-0.15, -0.1) is 0 Å². The molecule has 0 unspecified atom stereocenters. The fourth-order valence-electron chi connectivity index (χ4n) is 5.84. The van der Waals surface area contributed by atoms with Crippen LogP contribution in [0, 0.1) is 0 Å². The number of benzene rings is 4. The number of hydrogen-bond acceptors (Lipinski definition) is 10. The Morgan fingerprint density at radius 1 is 0.481 bits per heavy atom. The molecular weight excluding hydrogens is 664 g/mol. The molecule has 2 amide bonds. The molecule has 0 aliphatic carbocycles. The lowest BCUT2D eigenvalue weighted by atomic mass is 10.1. The molecule has 12 heteroatoms. The van der Waals surface area contributed by atoms with Gasteiger partial charge in [-0.05, 0) is 96.1 Å². The second kappa shape index (κ2) is 15.5. The van der Waals surface area contributed by atoms with Gasteiger partial charge >= 0.3 is 0 Å². The van der Waals surface area contributed by atoms with Crippen LogP contribution in [0.2, 0.25) is 0 Å². The van der Waals surface area contributed by atoms with Crippen molar-refractivity contribution in [1.82, 2.24) is 9.80 Å². The summed E-state index contributed by atoms with van der Waals surface area (Å²) in [7, 11) is 9.40. The maximum atomic E-state index is 14.1. The van der Waals surface area contributed by atoms with Gasteiger partial charge in [0.05, 0.1) is 42.7 Å². The number of methoxy groups -OCH3 is 6. The van der Waals surface area contributed by atoms with Crippen LogP contribution in [0.25, 0.3) is 12.2 Å². The maximum absolute atomic E-state index is 14.1. The fraction of sp³-hybridized carbons (Fsp3) is 0.200. The maximum Gasteiger partial charge on any atom is 0.278 e. The molecule has 266 valence electrons. The third kappa shape index (κ3) is 7.17. The van der Waals surface area contributed by atoms with Crippen LogP contribution in [-0.4, -0.2) is 89.0 Å². The number of carbonyl (C=O) groups is 2. The van der Waals surface area contributed by atoms with Gasteiger partial charge in [0, 0.05) is 24.2 Å². The lowest BCUT2D eigenvalue weighted by Gasteiger charge is -2.24. The third-order valence-corrected chi connectivity index (χ3v) is 8.56. The summed E-state index contributed by atoms with van der Waals surface area (Å²) >= 11 is 0. The summed E-state index contributed by atoms with van der Waals surface area (Å²) in [6.45, 7) is 0.245. The molecule has 4 aromatic rings. The predicted octanol–water partition coefficient (Wildman–Crippen LogP) is 5.70. The van der Waals surface area contributed by atoms with Crippen molar-refractivity contribution >= 4 is 35.6 Å². The Labute approximate surface area is 301 Å². The standard InChI is InChI=1S/C40H38N4O8/c1-47-29-13-9-27(10-14-29)37-41-31(21-25-7-17-33(49-3)35(23-25)51-5)39(45)43(37)19-20-44-38(28-11-15-30(48-2)16-12-28)42-32(40(44)46)22-26-8-18-34(50-4)36(24-26)52-6/h7-18,21-24H,19-20H2,1-6H3/b31-21-,32-22+. The first-order valence-corrected chi connectivity index (χ1v) is 16.3. The van der Waals surface area contributed by atoms with E-state index in [0.29, 0.717) is 68.4 Å². The zero-order valence-electron chi connectivity index (χ0n) is 29.7. The number of amidine groups is 2. The number of rotatable bonds is 13. The normalized spacial score (nSPS) is 15.6. The Balaban J connectivity index is 1.34. The molecule has 0 fully saturated rings. The number of hydrogen-bond donors (Lipinski definition) is 0. The van der Waals surface area contributed by atoms with Gasteiger partial charge in [-0.1, -0.05) is 12.1 Å². The fourth-order valence-corrected chi connectivity index (χ4v) is 5.84. The van der Waals surface area contributed by atoms with Crippen LogP contribution in [0.5, 0.6) is 34.5 Å². The van der Waals surface area contributed by atoms with Gasteiger partial charge < -0.3 is 28.4 Å². The number of ether oxygens (including phenoxy) is 6. The Hall–Kier alpha value is -6.56. The van der Waals surface area contributed by atoms with Gasteiger partial charge in [-0.3, -0.25) is 19.4 Å². The molecule has 4 aromatic carbocycles. The van der Waals surface area contributed by atoms with E-state index in [9.17, 15) is 9.59 Å². The van der Waals surface area contributed by atoms with E-state index in [1.807, 2.05) is 36.4 Å². The molecule has 0 atom stereocenters. The third-order valence-electron chi connectivity index (χ3n) is 8.56. The summed E-state index contributed by atoms with van der Waals surface area (Å²) < 4.78 is 32.4. The second-order valence-corrected chi connectivity index (χ2v) is 11.5. The predicted molar refractivity (Wildman–Crippen MR) is 198 cm³/mol. The van der Waals surface area contributed by atoms with Gasteiger partial charge in [0.25, 0.3) is 11.8 Å². The molecule has 0 bridgehead atoms. The summed E-state index contributed by atoms with van der Waals surface area (Å²) in [6, 6.07) is 25.3. The van der Waals surface area contributed by atoms with E-state index < -0.39 is 0 Å². The van der Waals surface area contributed by atoms with Crippen molar-refractivity contribution in [3.63, 3.8) is 0 Å². The van der Waals surface area contributed by atoms with Crippen molar-refractivity contribution in [3.05, 3.63) is 119 Å². The molecule has 0 saturated heterocycles. The van der Waals surface area contributed by atoms with Crippen LogP contribution in [-0.2, 0) is 9.59 Å². The van der Waals surface area contributed by atoms with Crippen molar-refractivity contribution in [3.8, 4) is 34.5 Å². The average molecular weight is 703 g/mol. The van der Waals surface area contributed by atoms with Crippen molar-refractivity contribution in [2.75, 3.05) is 55.7 Å². The highest BCUT2D eigenvalue weighted by Gasteiger charge is 2.35. The number of nitrogens with zero attached hydrogens (tertiary/aromatic N) is 4. The summed E-state index contributed by atoms with van der Waals surface area (Å²) in [5.74, 6) is 3.74. The molecule has 12 nitrogen and oxygen atoms in total. The molecule has 2 aliphatic rings. The van der Waals surface area contributed by atoms with E-state index in [-0.39, 0.29) is 36.3 Å². The van der Waals surface area contributed by atoms with E-state index in [1.54, 1.807) is 113 Å². The van der Waals surface area contributed by atoms with Crippen LogP contribution in [0.1, 0.15) is 22.3 Å². The van der Waals surface area contributed by atoms with Crippen LogP contribution in [0.3, 0.4) is 0 Å². The number of carbonyl (C=O) groups excluding carboxylic acids is 2. The summed E-state index contributed by atoms with van der Waals surface area (Å²) in [5.41, 5.74) is 3.27. The highest BCUT2D eigenvalue weighted by molar-refractivity contribution is 6.21. The molecule has 0 spiro atoms. The highest BCUT2D eigenvalue weighted by Crippen LogP contribution is 2.32. The minimum absolute atomic E-state index is 0.123. The quantitative estimate of drug-likeness (QED) is 0.163. The molecular formula is C40H38N4O8. The molecule has 6 rings (SSSR count). The lowest BCUT2D eigenvalue weighted by Crippen LogP contribution is -2.42. The van der Waals surface area contributed by atoms with Gasteiger partial charge in [-0.2, -0.15) is 0 Å². The first-order chi connectivity index (χ1) is 25.3. The SMILES string of the molecule is COc1ccc(C2=N/C(=C\c3ccc(OC)c(OC)c3)C(=O)N2CCN2C(=O)/C(=C\c3ccc(OC)c(OC)c3)N=C2c2ccc(OC)cc2)cc1. The van der Waals surface area contributed by atoms with E-state index >= 15 is 0 Å². The molecule has 0 radical (unpaired) electrons. The van der Waals surface area contributed by atoms with Crippen molar-refractivity contribution in [2.24, 2.45) is 9.98 Å². The lowest BCUT2D eigenvalue weighted by molar-refractivity contribution is -0.125. The van der Waals surface area contributed by atoms with Gasteiger partial charge in [-0.25, -0.2) is 9.98 Å². The molecule has 2 heterocycles. The minimum Gasteiger partial charge on any atom is -0.497 e. The first-order valence-electron chi connectivity index (χ1n) is 16.3. The second-order valence-electron chi connectivity index (χ2n) is 11.5. The van der Waals surface area contributed by atoms with Gasteiger partial charge in [0.15, 0.2) is 23.0 Å². The van der Waals surface area contributed by atoms with E-state index in [2.05, 4.69) is 0 Å². The topological polar surface area (TPSA) is 121 Å². The molecule has 0 N–H and O–H groups in total. The Kier molecular flexibility index (Phi) is 10.5. The monoisotopic (exact) mass is 702 g/mol. The summed E-state index contributed by atoms with van der Waals surface area (Å²) in [4.78, 5) is 40.9. The van der Waals surface area contributed by atoms with Gasteiger partial charge in [0.2, 0.25) is 0 Å². The van der Waals surface area contributed by atoms with Crippen molar-refractivity contribution < 1.29 is 38.0 Å². The van der Waals surface area contributed by atoms with E-state index in [0.717, 1.165) is 0 Å². The van der Waals surface area contributed by atoms with Crippen molar-refractivity contribution in [1.29, 1.82) is 0 Å². The van der Waals surface area contributed by atoms with E-state index in [1.165, 1.54) is 0 Å². The molecule has 0 aromatic heterocycles. The molecule has 52 heavy (non-hydrogen) atoms. The average Bonchev–Trinajstić information content (AvgIpc) is 3.67. The smallest absolute Gasteiger partial charge is 0.278 e. The number of aliphatic imine (C=N–C) groups is 2. The Morgan fingerprint density at radius 3 is 1.17 bits per heavy atom.